The maximum atomic E-state index is 11.6. The first-order valence-corrected chi connectivity index (χ1v) is 25.2. The molecule has 0 aromatic rings. The van der Waals surface area contributed by atoms with Gasteiger partial charge in [0.05, 0.1) is 25.4 Å². The lowest BCUT2D eigenvalue weighted by Gasteiger charge is -2.40. The van der Waals surface area contributed by atoms with Crippen molar-refractivity contribution in [3.63, 3.8) is 0 Å². The van der Waals surface area contributed by atoms with Crippen LogP contribution in [0.15, 0.2) is 23.8 Å². The van der Waals surface area contributed by atoms with Gasteiger partial charge in [-0.25, -0.2) is 0 Å². The molecule has 0 heterocycles. The van der Waals surface area contributed by atoms with E-state index in [-0.39, 0.29) is 30.2 Å². The molecule has 0 radical (unpaired) electrons. The molecule has 0 saturated heterocycles. The molecule has 0 N–H and O–H groups in total. The normalized spacial score (nSPS) is 20.6. The molecule has 8 heteroatoms. The van der Waals surface area contributed by atoms with Crippen molar-refractivity contribution in [1.82, 2.24) is 0 Å². The first-order chi connectivity index (χ1) is 17.6. The summed E-state index contributed by atoms with van der Waals surface area (Å²) < 4.78 is 25.5. The number of ether oxygens (including phenoxy) is 1. The minimum absolute atomic E-state index is 0.0758. The summed E-state index contributed by atoms with van der Waals surface area (Å²) in [6, 6.07) is 0. The van der Waals surface area contributed by atoms with Crippen LogP contribution in [0.2, 0.25) is 58.9 Å². The van der Waals surface area contributed by atoms with E-state index >= 15 is 0 Å². The van der Waals surface area contributed by atoms with Crippen LogP contribution in [0.4, 0.5) is 0 Å². The van der Waals surface area contributed by atoms with Crippen LogP contribution >= 0.6 is 0 Å². The van der Waals surface area contributed by atoms with Gasteiger partial charge in [-0.15, -0.1) is 0 Å². The standard InChI is InChI=1S/C30H60O5Si3/c1-12-13-14-15-17-20-26(33-36(3,4)5)25-23-24-28(35-38(9,10)11)30(25)27(34-37(6,7)8)21-18-16-19-22-29(31)32-2/h15,17,23,26-28,30H,12-14,16,18-22,24H2,1-11H3. The van der Waals surface area contributed by atoms with Crippen molar-refractivity contribution in [2.45, 2.75) is 148 Å². The molecule has 38 heavy (non-hydrogen) atoms. The van der Waals surface area contributed by atoms with E-state index < -0.39 is 25.0 Å². The minimum Gasteiger partial charge on any atom is -0.469 e. The Morgan fingerprint density at radius 2 is 1.58 bits per heavy atom. The van der Waals surface area contributed by atoms with E-state index in [0.29, 0.717) is 6.42 Å². The second-order valence-corrected chi connectivity index (χ2v) is 27.1. The molecule has 0 fully saturated rings. The smallest absolute Gasteiger partial charge is 0.305 e. The minimum atomic E-state index is -1.81. The van der Waals surface area contributed by atoms with Gasteiger partial charge in [0.25, 0.3) is 0 Å². The number of hydrogen-bond donors (Lipinski definition) is 0. The number of esters is 1. The molecule has 1 rings (SSSR count). The van der Waals surface area contributed by atoms with E-state index in [4.69, 9.17) is 18.0 Å². The molecule has 4 atom stereocenters. The van der Waals surface area contributed by atoms with Crippen LogP contribution in [0.3, 0.4) is 0 Å². The topological polar surface area (TPSA) is 54.0 Å². The van der Waals surface area contributed by atoms with Crippen LogP contribution in [0.1, 0.15) is 71.1 Å². The summed E-state index contributed by atoms with van der Waals surface area (Å²) in [5, 5.41) is 0. The molecule has 1 aliphatic rings. The summed E-state index contributed by atoms with van der Waals surface area (Å²) in [6.45, 7) is 22.8. The fraction of sp³-hybridized carbons (Fsp3) is 0.833. The number of hydrogen-bond acceptors (Lipinski definition) is 5. The Morgan fingerprint density at radius 3 is 2.13 bits per heavy atom. The maximum Gasteiger partial charge on any atom is 0.305 e. The average Bonchev–Trinajstić information content (AvgIpc) is 3.17. The Hall–Kier alpha value is -0.519. The molecule has 222 valence electrons. The number of rotatable bonds is 19. The number of carbonyl (C=O) groups excluding carboxylic acids is 1. The Kier molecular flexibility index (Phi) is 15.6. The first kappa shape index (κ1) is 35.5. The molecule has 1 aliphatic carbocycles. The molecule has 0 saturated carbocycles. The summed E-state index contributed by atoms with van der Waals surface area (Å²) in [6.07, 6.45) is 17.2. The molecular formula is C30H60O5Si3. The zero-order valence-corrected chi connectivity index (χ0v) is 29.7. The Morgan fingerprint density at radius 1 is 0.921 bits per heavy atom. The van der Waals surface area contributed by atoms with E-state index in [2.05, 4.69) is 84.1 Å². The van der Waals surface area contributed by atoms with Crippen LogP contribution in [-0.4, -0.2) is 56.3 Å². The van der Waals surface area contributed by atoms with E-state index in [1.54, 1.807) is 0 Å². The molecule has 0 aromatic carbocycles. The van der Waals surface area contributed by atoms with Gasteiger partial charge in [-0.1, -0.05) is 50.8 Å². The van der Waals surface area contributed by atoms with Crippen molar-refractivity contribution in [3.8, 4) is 0 Å². The third-order valence-corrected chi connectivity index (χ3v) is 9.50. The Balaban J connectivity index is 3.26. The van der Waals surface area contributed by atoms with Crippen molar-refractivity contribution in [3.05, 3.63) is 23.8 Å². The molecule has 0 spiro atoms. The van der Waals surface area contributed by atoms with Crippen LogP contribution in [0.25, 0.3) is 0 Å². The first-order valence-electron chi connectivity index (χ1n) is 15.0. The summed E-state index contributed by atoms with van der Waals surface area (Å²) in [4.78, 5) is 11.6. The van der Waals surface area contributed by atoms with E-state index in [1.807, 2.05) is 0 Å². The molecule has 0 aliphatic heterocycles. The number of allylic oxidation sites excluding steroid dienone is 1. The van der Waals surface area contributed by atoms with Gasteiger partial charge in [-0.2, -0.15) is 0 Å². The van der Waals surface area contributed by atoms with E-state index in [1.165, 1.54) is 25.5 Å². The van der Waals surface area contributed by atoms with Gasteiger partial charge in [-0.05, 0) is 96.6 Å². The largest absolute Gasteiger partial charge is 0.469 e. The quantitative estimate of drug-likeness (QED) is 0.0657. The molecule has 4 unspecified atom stereocenters. The monoisotopic (exact) mass is 584 g/mol. The van der Waals surface area contributed by atoms with Crippen molar-refractivity contribution in [2.75, 3.05) is 7.11 Å². The highest BCUT2D eigenvalue weighted by Gasteiger charge is 2.43. The number of methoxy groups -OCH3 is 1. The second-order valence-electron chi connectivity index (χ2n) is 13.7. The highest BCUT2D eigenvalue weighted by atomic mass is 28.4. The zero-order chi connectivity index (χ0) is 29.0. The van der Waals surface area contributed by atoms with Crippen LogP contribution in [0, 0.1) is 5.92 Å². The summed E-state index contributed by atoms with van der Waals surface area (Å²) in [5.74, 6) is 0.0855. The Labute approximate surface area is 238 Å². The van der Waals surface area contributed by atoms with Gasteiger partial charge in [0.2, 0.25) is 0 Å². The van der Waals surface area contributed by atoms with Gasteiger partial charge in [0.15, 0.2) is 25.0 Å². The highest BCUT2D eigenvalue weighted by molar-refractivity contribution is 6.70. The Bertz CT molecular complexity index is 746. The average molecular weight is 585 g/mol. The van der Waals surface area contributed by atoms with Crippen molar-refractivity contribution >= 4 is 30.9 Å². The maximum absolute atomic E-state index is 11.6. The third kappa shape index (κ3) is 15.3. The predicted molar refractivity (Wildman–Crippen MR) is 169 cm³/mol. The predicted octanol–water partition coefficient (Wildman–Crippen LogP) is 8.85. The van der Waals surface area contributed by atoms with Gasteiger partial charge >= 0.3 is 5.97 Å². The van der Waals surface area contributed by atoms with Gasteiger partial charge in [0.1, 0.15) is 0 Å². The van der Waals surface area contributed by atoms with Crippen molar-refractivity contribution < 1.29 is 22.8 Å². The number of unbranched alkanes of at least 4 members (excludes halogenated alkanes) is 4. The zero-order valence-electron chi connectivity index (χ0n) is 26.7. The third-order valence-electron chi connectivity index (χ3n) is 6.49. The molecular weight excluding hydrogens is 525 g/mol. The molecule has 0 bridgehead atoms. The summed E-state index contributed by atoms with van der Waals surface area (Å²) >= 11 is 0. The van der Waals surface area contributed by atoms with Crippen molar-refractivity contribution in [1.29, 1.82) is 0 Å². The molecule has 0 amide bonds. The lowest BCUT2D eigenvalue weighted by atomic mass is 9.86. The lowest BCUT2D eigenvalue weighted by Crippen LogP contribution is -2.46. The summed E-state index contributed by atoms with van der Waals surface area (Å²) in [7, 11) is -3.88. The van der Waals surface area contributed by atoms with Crippen molar-refractivity contribution in [2.24, 2.45) is 5.92 Å². The lowest BCUT2D eigenvalue weighted by molar-refractivity contribution is -0.140. The summed E-state index contributed by atoms with van der Waals surface area (Å²) in [5.41, 5.74) is 1.40. The van der Waals surface area contributed by atoms with Gasteiger partial charge in [-0.3, -0.25) is 4.79 Å². The number of carbonyl (C=O) groups is 1. The van der Waals surface area contributed by atoms with Crippen LogP contribution in [0.5, 0.6) is 0 Å². The van der Waals surface area contributed by atoms with Crippen LogP contribution in [-0.2, 0) is 22.8 Å². The van der Waals surface area contributed by atoms with Crippen LogP contribution < -0.4 is 0 Å². The van der Waals surface area contributed by atoms with Gasteiger partial charge < -0.3 is 18.0 Å². The van der Waals surface area contributed by atoms with E-state index in [0.717, 1.165) is 44.9 Å². The van der Waals surface area contributed by atoms with Gasteiger partial charge in [0, 0.05) is 12.3 Å². The second kappa shape index (κ2) is 16.7. The SMILES string of the molecule is CCCCC=CCC(O[Si](C)(C)C)C1=CCC(O[Si](C)(C)C)C1C(CCCCCC(=O)OC)O[Si](C)(C)C. The fourth-order valence-corrected chi connectivity index (χ4v) is 8.53. The fourth-order valence-electron chi connectivity index (χ4n) is 5.12. The molecule has 5 nitrogen and oxygen atoms in total. The highest BCUT2D eigenvalue weighted by Crippen LogP contribution is 2.41. The molecule has 0 aromatic heterocycles. The van der Waals surface area contributed by atoms with E-state index in [9.17, 15) is 4.79 Å².